The molecule has 1 spiro atoms. The van der Waals surface area contributed by atoms with Crippen LogP contribution in [0.25, 0.3) is 0 Å². The van der Waals surface area contributed by atoms with Crippen LogP contribution >= 0.6 is 0 Å². The number of nitrogens with zero attached hydrogens (tertiary/aromatic N) is 3. The lowest BCUT2D eigenvalue weighted by molar-refractivity contribution is -0.180. The van der Waals surface area contributed by atoms with Crippen molar-refractivity contribution >= 4 is 10.0 Å². The number of hydrogen-bond donors (Lipinski definition) is 0. The van der Waals surface area contributed by atoms with E-state index >= 15 is 0 Å². The van der Waals surface area contributed by atoms with Crippen LogP contribution < -0.4 is 0 Å². The Labute approximate surface area is 159 Å². The van der Waals surface area contributed by atoms with Crippen molar-refractivity contribution in [1.82, 2.24) is 14.3 Å². The first-order valence-corrected chi connectivity index (χ1v) is 10.5. The molecular weight excluding hydrogens is 366 g/mol. The van der Waals surface area contributed by atoms with Gasteiger partial charge in [-0.2, -0.15) is 4.31 Å². The first-order chi connectivity index (χ1) is 13.0. The molecule has 0 unspecified atom stereocenters. The maximum absolute atomic E-state index is 12.7. The Morgan fingerprint density at radius 1 is 1.26 bits per heavy atom. The van der Waals surface area contributed by atoms with Gasteiger partial charge in [0.2, 0.25) is 10.0 Å². The van der Waals surface area contributed by atoms with Crippen molar-refractivity contribution in [1.29, 1.82) is 0 Å². The summed E-state index contributed by atoms with van der Waals surface area (Å²) in [5, 5.41) is 0. The molecule has 0 radical (unpaired) electrons. The largest absolute Gasteiger partial charge is 0.373 e. The molecule has 144 valence electrons. The van der Waals surface area contributed by atoms with Gasteiger partial charge in [0.1, 0.15) is 4.90 Å². The first-order valence-electron chi connectivity index (χ1n) is 9.04. The van der Waals surface area contributed by atoms with Crippen LogP contribution in [0.5, 0.6) is 0 Å². The van der Waals surface area contributed by atoms with Gasteiger partial charge in [-0.15, -0.1) is 0 Å². The number of ether oxygens (including phenoxy) is 2. The standard InChI is InChI=1S/C19H23N3O4S/c1-15-4-7-21-10-16(15)12-25-17-5-8-26-19(9-17)13-22(14-19)27(23,24)18-3-2-6-20-11-18/h2-4,6-7,10-11,17H,5,8-9,12-14H2,1H3/t17-/m0/s1. The first kappa shape index (κ1) is 18.5. The van der Waals surface area contributed by atoms with E-state index in [1.165, 1.54) is 10.5 Å². The van der Waals surface area contributed by atoms with E-state index in [1.54, 1.807) is 24.5 Å². The highest BCUT2D eigenvalue weighted by Gasteiger charge is 2.52. The van der Waals surface area contributed by atoms with Crippen LogP contribution in [0.3, 0.4) is 0 Å². The fourth-order valence-corrected chi connectivity index (χ4v) is 5.17. The molecule has 7 nitrogen and oxygen atoms in total. The monoisotopic (exact) mass is 389 g/mol. The van der Waals surface area contributed by atoms with E-state index in [1.807, 2.05) is 19.2 Å². The van der Waals surface area contributed by atoms with Gasteiger partial charge in [0.05, 0.1) is 18.3 Å². The maximum atomic E-state index is 12.7. The summed E-state index contributed by atoms with van der Waals surface area (Å²) in [6, 6.07) is 5.16. The Hall–Kier alpha value is -1.87. The van der Waals surface area contributed by atoms with Gasteiger partial charge >= 0.3 is 0 Å². The molecule has 27 heavy (non-hydrogen) atoms. The van der Waals surface area contributed by atoms with Crippen molar-refractivity contribution in [3.8, 4) is 0 Å². The summed E-state index contributed by atoms with van der Waals surface area (Å²) in [4.78, 5) is 8.27. The minimum Gasteiger partial charge on any atom is -0.373 e. The lowest BCUT2D eigenvalue weighted by Gasteiger charge is -2.52. The van der Waals surface area contributed by atoms with Gasteiger partial charge in [-0.05, 0) is 42.7 Å². The minimum atomic E-state index is -3.51. The van der Waals surface area contributed by atoms with E-state index in [0.717, 1.165) is 17.5 Å². The number of aryl methyl sites for hydroxylation is 1. The average Bonchev–Trinajstić information content (AvgIpc) is 2.66. The Morgan fingerprint density at radius 3 is 2.81 bits per heavy atom. The van der Waals surface area contributed by atoms with Gasteiger partial charge in [0.25, 0.3) is 0 Å². The van der Waals surface area contributed by atoms with Crippen molar-refractivity contribution in [2.75, 3.05) is 19.7 Å². The number of rotatable bonds is 5. The van der Waals surface area contributed by atoms with E-state index in [9.17, 15) is 8.42 Å². The maximum Gasteiger partial charge on any atom is 0.244 e. The second kappa shape index (κ2) is 7.27. The lowest BCUT2D eigenvalue weighted by atomic mass is 9.86. The van der Waals surface area contributed by atoms with Crippen LogP contribution in [0, 0.1) is 6.92 Å². The van der Waals surface area contributed by atoms with Crippen LogP contribution in [0.1, 0.15) is 24.0 Å². The predicted octanol–water partition coefficient (Wildman–Crippen LogP) is 1.92. The fraction of sp³-hybridized carbons (Fsp3) is 0.474. The predicted molar refractivity (Wildman–Crippen MR) is 98.5 cm³/mol. The van der Waals surface area contributed by atoms with Gasteiger partial charge in [0.15, 0.2) is 0 Å². The quantitative estimate of drug-likeness (QED) is 0.777. The van der Waals surface area contributed by atoms with E-state index in [0.29, 0.717) is 32.7 Å². The molecule has 2 aliphatic heterocycles. The van der Waals surface area contributed by atoms with Crippen molar-refractivity contribution in [2.24, 2.45) is 0 Å². The van der Waals surface area contributed by atoms with Crippen LogP contribution in [0.4, 0.5) is 0 Å². The number of hydrogen-bond acceptors (Lipinski definition) is 6. The highest BCUT2D eigenvalue weighted by Crippen LogP contribution is 2.38. The molecule has 0 amide bonds. The minimum absolute atomic E-state index is 0.0570. The van der Waals surface area contributed by atoms with Crippen molar-refractivity contribution < 1.29 is 17.9 Å². The zero-order valence-corrected chi connectivity index (χ0v) is 16.1. The summed E-state index contributed by atoms with van der Waals surface area (Å²) in [6.45, 7) is 3.85. The Morgan fingerprint density at radius 2 is 2.07 bits per heavy atom. The highest BCUT2D eigenvalue weighted by atomic mass is 32.2. The Balaban J connectivity index is 1.36. The number of aromatic nitrogens is 2. The summed E-state index contributed by atoms with van der Waals surface area (Å²) < 4.78 is 38.8. The van der Waals surface area contributed by atoms with Crippen molar-refractivity contribution in [3.05, 3.63) is 54.1 Å². The molecule has 1 atom stereocenters. The third kappa shape index (κ3) is 3.75. The molecule has 0 N–H and O–H groups in total. The van der Waals surface area contributed by atoms with E-state index in [-0.39, 0.29) is 11.0 Å². The topological polar surface area (TPSA) is 81.6 Å². The normalized spacial score (nSPS) is 22.5. The lowest BCUT2D eigenvalue weighted by Crippen LogP contribution is -2.67. The molecule has 2 aromatic rings. The second-order valence-corrected chi connectivity index (χ2v) is 9.16. The van der Waals surface area contributed by atoms with Gasteiger partial charge < -0.3 is 9.47 Å². The Kier molecular flexibility index (Phi) is 4.98. The zero-order valence-electron chi connectivity index (χ0n) is 15.2. The van der Waals surface area contributed by atoms with E-state index in [4.69, 9.17) is 9.47 Å². The molecular formula is C19H23N3O4S. The summed E-state index contributed by atoms with van der Waals surface area (Å²) >= 11 is 0. The van der Waals surface area contributed by atoms with E-state index < -0.39 is 15.6 Å². The molecule has 0 aliphatic carbocycles. The van der Waals surface area contributed by atoms with Gasteiger partial charge in [-0.3, -0.25) is 9.97 Å². The SMILES string of the molecule is Cc1ccncc1CO[C@H]1CCOC2(C1)CN(S(=O)(=O)c1cccnc1)C2. The molecule has 2 fully saturated rings. The highest BCUT2D eigenvalue weighted by molar-refractivity contribution is 7.89. The second-order valence-electron chi connectivity index (χ2n) is 7.22. The van der Waals surface area contributed by atoms with Gasteiger partial charge in [-0.1, -0.05) is 0 Å². The van der Waals surface area contributed by atoms with E-state index in [2.05, 4.69) is 9.97 Å². The molecule has 4 rings (SSSR count). The van der Waals surface area contributed by atoms with Gasteiger partial charge in [0, 0.05) is 50.9 Å². The summed E-state index contributed by atoms with van der Waals surface area (Å²) in [5.41, 5.74) is 1.79. The third-order valence-corrected chi connectivity index (χ3v) is 7.05. The Bertz CT molecular complexity index is 898. The number of pyridine rings is 2. The summed E-state index contributed by atoms with van der Waals surface area (Å²) in [6.07, 6.45) is 8.12. The van der Waals surface area contributed by atoms with Crippen molar-refractivity contribution in [2.45, 2.75) is 43.0 Å². The van der Waals surface area contributed by atoms with Crippen LogP contribution in [-0.4, -0.2) is 54.1 Å². The zero-order chi connectivity index (χ0) is 18.9. The smallest absolute Gasteiger partial charge is 0.244 e. The van der Waals surface area contributed by atoms with Crippen molar-refractivity contribution in [3.63, 3.8) is 0 Å². The van der Waals surface area contributed by atoms with Crippen LogP contribution in [0.2, 0.25) is 0 Å². The average molecular weight is 389 g/mol. The molecule has 8 heteroatoms. The molecule has 0 aromatic carbocycles. The molecule has 0 saturated carbocycles. The molecule has 4 heterocycles. The summed E-state index contributed by atoms with van der Waals surface area (Å²) in [5.74, 6) is 0. The van der Waals surface area contributed by atoms with Gasteiger partial charge in [-0.25, -0.2) is 8.42 Å². The molecule has 0 bridgehead atoms. The van der Waals surface area contributed by atoms with Crippen LogP contribution in [0.15, 0.2) is 47.9 Å². The third-order valence-electron chi connectivity index (χ3n) is 5.27. The molecule has 2 aliphatic rings. The molecule has 2 saturated heterocycles. The fourth-order valence-electron chi connectivity index (χ4n) is 3.62. The number of sulfonamides is 1. The molecule has 2 aromatic heterocycles. The summed E-state index contributed by atoms with van der Waals surface area (Å²) in [7, 11) is -3.51. The van der Waals surface area contributed by atoms with Crippen LogP contribution in [-0.2, 0) is 26.1 Å².